The molecule has 60 valence electrons. The molecule has 1 aliphatic carbocycles. The molecule has 0 unspecified atom stereocenters. The van der Waals surface area contributed by atoms with Crippen molar-refractivity contribution >= 4 is 0 Å². The first-order valence-electron chi connectivity index (χ1n) is 3.76. The summed E-state index contributed by atoms with van der Waals surface area (Å²) in [6, 6.07) is 0. The van der Waals surface area contributed by atoms with Gasteiger partial charge >= 0.3 is 0 Å². The van der Waals surface area contributed by atoms with Crippen LogP contribution in [-0.2, 0) is 0 Å². The minimum atomic E-state index is 0.653. The highest BCUT2D eigenvalue weighted by Crippen LogP contribution is 2.32. The average molecular weight is 134 g/mol. The lowest BCUT2D eigenvalue weighted by Crippen LogP contribution is -2.16. The zero-order valence-corrected chi connectivity index (χ0v) is 6.89. The molecule has 1 aliphatic rings. The van der Waals surface area contributed by atoms with E-state index in [1.807, 2.05) is 0 Å². The molecule has 0 radical (unpaired) electrons. The molecule has 0 atom stereocenters. The van der Waals surface area contributed by atoms with Gasteiger partial charge < -0.3 is 37.5 Å². The minimum Gasteiger partial charge on any atom is -0.723 e. The van der Waals surface area contributed by atoms with Crippen LogP contribution in [-0.4, -0.2) is 0 Å². The largest absolute Gasteiger partial charge is 0.723 e. The summed E-state index contributed by atoms with van der Waals surface area (Å²) >= 11 is 0. The third kappa shape index (κ3) is 2.00. The van der Waals surface area contributed by atoms with Crippen LogP contribution in [0, 0.1) is 43.4 Å². The van der Waals surface area contributed by atoms with Crippen LogP contribution in [0.5, 0.6) is 0 Å². The minimum absolute atomic E-state index is 0.653. The van der Waals surface area contributed by atoms with E-state index in [2.05, 4.69) is 46.5 Å². The molecular weight excluding hydrogens is 120 g/mol. The van der Waals surface area contributed by atoms with E-state index in [1.165, 1.54) is 11.8 Å². The third-order valence-electron chi connectivity index (χ3n) is 1.74. The van der Waals surface area contributed by atoms with E-state index in [1.54, 1.807) is 0 Å². The first kappa shape index (κ1) is 8.10. The van der Waals surface area contributed by atoms with E-state index >= 15 is 0 Å². The predicted molar refractivity (Wildman–Crippen MR) is 44.2 cm³/mol. The summed E-state index contributed by atoms with van der Waals surface area (Å²) in [4.78, 5) is 0. The molecule has 0 spiro atoms. The molecule has 0 heteroatoms. The highest BCUT2D eigenvalue weighted by atomic mass is 14.3. The van der Waals surface area contributed by atoms with Crippen LogP contribution in [0.2, 0.25) is 0 Å². The Balaban J connectivity index is 2.26. The first-order valence-corrected chi connectivity index (χ1v) is 3.76. The number of hydrogen-bond donors (Lipinski definition) is 0. The summed E-state index contributed by atoms with van der Waals surface area (Å²) in [7, 11) is 0. The molecule has 0 saturated heterocycles. The van der Waals surface area contributed by atoms with Gasteiger partial charge in [0.15, 0.2) is 0 Å². The van der Waals surface area contributed by atoms with Gasteiger partial charge in [-0.25, -0.2) is 12.8 Å². The van der Waals surface area contributed by atoms with Crippen molar-refractivity contribution in [2.45, 2.75) is 20.8 Å². The second kappa shape index (κ2) is 3.41. The van der Waals surface area contributed by atoms with E-state index < -0.39 is 0 Å². The maximum atomic E-state index is 2.21. The van der Waals surface area contributed by atoms with E-state index in [4.69, 9.17) is 0 Å². The maximum Gasteiger partial charge on any atom is -0.0938 e. The van der Waals surface area contributed by atoms with E-state index in [0.29, 0.717) is 5.92 Å². The number of rotatable bonds is 1. The summed E-state index contributed by atoms with van der Waals surface area (Å²) in [5.74, 6) is 3.41. The van der Waals surface area contributed by atoms with Crippen molar-refractivity contribution in [1.82, 2.24) is 0 Å². The van der Waals surface area contributed by atoms with E-state index in [9.17, 15) is 0 Å². The molecular formula is C10H14-6. The van der Waals surface area contributed by atoms with Crippen LogP contribution in [0.4, 0.5) is 0 Å². The van der Waals surface area contributed by atoms with Gasteiger partial charge in [0.25, 0.3) is 0 Å². The van der Waals surface area contributed by atoms with Crippen LogP contribution in [0.3, 0.4) is 0 Å². The lowest BCUT2D eigenvalue weighted by Gasteiger charge is -2.88. The fourth-order valence-corrected chi connectivity index (χ4v) is 0.951. The molecule has 0 aliphatic heterocycles. The Morgan fingerprint density at radius 2 is 1.50 bits per heavy atom. The molecule has 0 amide bonds. The van der Waals surface area contributed by atoms with Crippen LogP contribution in [0.15, 0.2) is 0 Å². The van der Waals surface area contributed by atoms with Crippen molar-refractivity contribution in [2.24, 2.45) is 5.92 Å². The smallest absolute Gasteiger partial charge is 0.0938 e. The first-order chi connectivity index (χ1) is 4.70. The Hall–Kier alpha value is 0. The van der Waals surface area contributed by atoms with Crippen molar-refractivity contribution < 1.29 is 0 Å². The Morgan fingerprint density at radius 3 is 1.90 bits per heavy atom. The molecule has 10 heavy (non-hydrogen) atoms. The summed E-state index contributed by atoms with van der Waals surface area (Å²) in [6.45, 7) is 6.54. The molecule has 0 aromatic heterocycles. The number of hydrogen-bond acceptors (Lipinski definition) is 0. The van der Waals surface area contributed by atoms with Gasteiger partial charge in [0.2, 0.25) is 0 Å². The molecule has 0 nitrogen and oxygen atoms in total. The topological polar surface area (TPSA) is 0 Å². The van der Waals surface area contributed by atoms with Crippen molar-refractivity contribution in [3.8, 4) is 0 Å². The monoisotopic (exact) mass is 134 g/mol. The molecule has 0 aromatic rings. The zero-order valence-electron chi connectivity index (χ0n) is 6.89. The van der Waals surface area contributed by atoms with E-state index in [0.717, 1.165) is 0 Å². The van der Waals surface area contributed by atoms with Gasteiger partial charge in [-0.15, -0.1) is 0 Å². The van der Waals surface area contributed by atoms with Crippen LogP contribution in [0.1, 0.15) is 20.8 Å². The average Bonchev–Trinajstić information content (AvgIpc) is 1.88. The summed E-state index contributed by atoms with van der Waals surface area (Å²) in [5, 5.41) is 0. The van der Waals surface area contributed by atoms with Gasteiger partial charge in [0.1, 0.15) is 0 Å². The van der Waals surface area contributed by atoms with Crippen LogP contribution >= 0.6 is 0 Å². The van der Waals surface area contributed by atoms with Crippen LogP contribution in [0.25, 0.3) is 0 Å². The highest BCUT2D eigenvalue weighted by Gasteiger charge is 1.71. The standard InChI is InChI=1S/C10H14/c1-8(2)10-6-4-9(3)5-7-10/h4-8H,1-3H3/q-6. The lowest BCUT2D eigenvalue weighted by atomic mass is 9.78. The van der Waals surface area contributed by atoms with Gasteiger partial charge in [-0.1, -0.05) is 13.8 Å². The Bertz CT molecular complexity index is 86.2. The highest BCUT2D eigenvalue weighted by molar-refractivity contribution is 5.39. The Morgan fingerprint density at radius 1 is 1.00 bits per heavy atom. The molecule has 0 aromatic carbocycles. The summed E-state index contributed by atoms with van der Waals surface area (Å²) < 4.78 is 0. The maximum absolute atomic E-state index is 2.21. The molecule has 0 N–H and O–H groups in total. The van der Waals surface area contributed by atoms with Gasteiger partial charge in [0, 0.05) is 0 Å². The summed E-state index contributed by atoms with van der Waals surface area (Å²) in [5.41, 5.74) is 0. The summed E-state index contributed by atoms with van der Waals surface area (Å²) in [6.07, 6.45) is 8.71. The van der Waals surface area contributed by atoms with Gasteiger partial charge in [-0.3, -0.25) is 0 Å². The zero-order chi connectivity index (χ0) is 7.56. The lowest BCUT2D eigenvalue weighted by molar-refractivity contribution is 0.681. The molecule has 1 saturated carbocycles. The Kier molecular flexibility index (Phi) is 2.76. The van der Waals surface area contributed by atoms with Crippen LogP contribution < -0.4 is 0 Å². The second-order valence-corrected chi connectivity index (χ2v) is 3.07. The molecule has 1 rings (SSSR count). The van der Waals surface area contributed by atoms with Crippen molar-refractivity contribution in [3.05, 3.63) is 37.5 Å². The van der Waals surface area contributed by atoms with Crippen molar-refractivity contribution in [2.75, 3.05) is 0 Å². The second-order valence-electron chi connectivity index (χ2n) is 3.07. The van der Waals surface area contributed by atoms with Gasteiger partial charge in [0.05, 0.1) is 0 Å². The SMILES string of the molecule is C[C-]1[CH-][CH-][C-](C(C)C)[CH-][CH-]1. The van der Waals surface area contributed by atoms with E-state index in [-0.39, 0.29) is 0 Å². The Labute approximate surface area is 65.0 Å². The fraction of sp³-hybridized carbons (Fsp3) is 0.400. The molecule has 0 heterocycles. The van der Waals surface area contributed by atoms with Crippen molar-refractivity contribution in [3.63, 3.8) is 0 Å². The third-order valence-corrected chi connectivity index (χ3v) is 1.74. The quantitative estimate of drug-likeness (QED) is 0.484. The molecule has 0 bridgehead atoms. The predicted octanol–water partition coefficient (Wildman–Crippen LogP) is 2.64. The van der Waals surface area contributed by atoms with Gasteiger partial charge in [-0.2, -0.15) is 0 Å². The normalized spacial score (nSPS) is 24.0. The van der Waals surface area contributed by atoms with Crippen molar-refractivity contribution in [1.29, 1.82) is 0 Å². The fourth-order valence-electron chi connectivity index (χ4n) is 0.951. The van der Waals surface area contributed by atoms with Gasteiger partial charge in [-0.05, 0) is 0 Å². The molecule has 1 fully saturated rings.